The molecule has 2 rings (SSSR count). The summed E-state index contributed by atoms with van der Waals surface area (Å²) < 4.78 is 0. The molecule has 0 atom stereocenters. The summed E-state index contributed by atoms with van der Waals surface area (Å²) in [6, 6.07) is 13.2. The molecule has 0 radical (unpaired) electrons. The standard InChI is InChI=1S/C22H30N6O2.HI/c1-23-22(25-15-17-8-10-18(11-9-17)21(30)27(2)3)26-16-20(29)28(4)14-12-19-7-5-6-13-24-19;/h5-11,13H,12,14-16H2,1-4H3,(H2,23,25,26);1H. The molecule has 0 aliphatic heterocycles. The second-order valence-electron chi connectivity index (χ2n) is 7.06. The van der Waals surface area contributed by atoms with Crippen molar-refractivity contribution in [2.24, 2.45) is 4.99 Å². The number of carbonyl (C=O) groups excluding carboxylic acids is 2. The molecule has 1 heterocycles. The summed E-state index contributed by atoms with van der Waals surface area (Å²) in [4.78, 5) is 35.9. The lowest BCUT2D eigenvalue weighted by Gasteiger charge is -2.18. The zero-order valence-corrected chi connectivity index (χ0v) is 20.8. The normalized spacial score (nSPS) is 10.6. The number of hydrogen-bond acceptors (Lipinski definition) is 4. The van der Waals surface area contributed by atoms with Crippen LogP contribution in [0.25, 0.3) is 0 Å². The van der Waals surface area contributed by atoms with E-state index in [4.69, 9.17) is 0 Å². The van der Waals surface area contributed by atoms with E-state index in [9.17, 15) is 9.59 Å². The predicted molar refractivity (Wildman–Crippen MR) is 134 cm³/mol. The Morgan fingerprint density at radius 3 is 2.32 bits per heavy atom. The number of aromatic nitrogens is 1. The van der Waals surface area contributed by atoms with Crippen LogP contribution in [0.15, 0.2) is 53.7 Å². The number of benzene rings is 1. The second-order valence-corrected chi connectivity index (χ2v) is 7.06. The van der Waals surface area contributed by atoms with E-state index in [1.807, 2.05) is 30.3 Å². The number of nitrogens with zero attached hydrogens (tertiary/aromatic N) is 4. The van der Waals surface area contributed by atoms with Gasteiger partial charge in [0.1, 0.15) is 0 Å². The Balaban J connectivity index is 0.00000480. The van der Waals surface area contributed by atoms with E-state index in [0.717, 1.165) is 11.3 Å². The number of guanidine groups is 1. The van der Waals surface area contributed by atoms with Crippen molar-refractivity contribution in [3.63, 3.8) is 0 Å². The first-order valence-corrected chi connectivity index (χ1v) is 9.79. The van der Waals surface area contributed by atoms with Crippen molar-refractivity contribution in [2.75, 3.05) is 41.3 Å². The molecule has 1 aromatic heterocycles. The van der Waals surface area contributed by atoms with Crippen molar-refractivity contribution in [3.8, 4) is 0 Å². The third-order valence-corrected chi connectivity index (χ3v) is 4.55. The van der Waals surface area contributed by atoms with Gasteiger partial charge in [0.15, 0.2) is 5.96 Å². The van der Waals surface area contributed by atoms with Crippen LogP contribution in [-0.2, 0) is 17.8 Å². The summed E-state index contributed by atoms with van der Waals surface area (Å²) in [7, 11) is 6.89. The van der Waals surface area contributed by atoms with Crippen molar-refractivity contribution in [3.05, 3.63) is 65.5 Å². The van der Waals surface area contributed by atoms with Crippen LogP contribution in [-0.4, -0.2) is 73.8 Å². The van der Waals surface area contributed by atoms with Crippen molar-refractivity contribution < 1.29 is 9.59 Å². The molecule has 0 spiro atoms. The Kier molecular flexibility index (Phi) is 11.5. The first-order chi connectivity index (χ1) is 14.4. The quantitative estimate of drug-likeness (QED) is 0.304. The number of halogens is 1. The van der Waals surface area contributed by atoms with Gasteiger partial charge in [-0.15, -0.1) is 24.0 Å². The molecule has 2 N–H and O–H groups in total. The van der Waals surface area contributed by atoms with E-state index in [1.54, 1.807) is 56.3 Å². The number of pyridine rings is 1. The van der Waals surface area contributed by atoms with Gasteiger partial charge in [0, 0.05) is 65.2 Å². The van der Waals surface area contributed by atoms with Crippen LogP contribution in [0, 0.1) is 0 Å². The van der Waals surface area contributed by atoms with E-state index in [2.05, 4.69) is 20.6 Å². The van der Waals surface area contributed by atoms with E-state index in [-0.39, 0.29) is 42.3 Å². The molecule has 2 aromatic rings. The summed E-state index contributed by atoms with van der Waals surface area (Å²) in [6.45, 7) is 1.27. The largest absolute Gasteiger partial charge is 0.352 e. The zero-order valence-electron chi connectivity index (χ0n) is 18.5. The minimum Gasteiger partial charge on any atom is -0.352 e. The van der Waals surface area contributed by atoms with Crippen molar-refractivity contribution in [1.82, 2.24) is 25.4 Å². The number of carbonyl (C=O) groups is 2. The van der Waals surface area contributed by atoms with Crippen LogP contribution >= 0.6 is 24.0 Å². The van der Waals surface area contributed by atoms with E-state index >= 15 is 0 Å². The van der Waals surface area contributed by atoms with Crippen LogP contribution < -0.4 is 10.6 Å². The predicted octanol–water partition coefficient (Wildman–Crippen LogP) is 1.77. The van der Waals surface area contributed by atoms with Crippen molar-refractivity contribution >= 4 is 41.8 Å². The average Bonchev–Trinajstić information content (AvgIpc) is 2.77. The maximum Gasteiger partial charge on any atom is 0.253 e. The number of aliphatic imine (C=N–C) groups is 1. The number of nitrogens with one attached hydrogen (secondary N) is 2. The van der Waals surface area contributed by atoms with Gasteiger partial charge in [-0.3, -0.25) is 19.6 Å². The maximum absolute atomic E-state index is 12.3. The summed E-state index contributed by atoms with van der Waals surface area (Å²) in [6.07, 6.45) is 2.46. The Bertz CT molecular complexity index is 856. The zero-order chi connectivity index (χ0) is 21.9. The van der Waals surface area contributed by atoms with E-state index < -0.39 is 0 Å². The molecule has 1 aromatic carbocycles. The lowest BCUT2D eigenvalue weighted by Crippen LogP contribution is -2.43. The highest BCUT2D eigenvalue weighted by Gasteiger charge is 2.10. The molecule has 31 heavy (non-hydrogen) atoms. The second kappa shape index (κ2) is 13.6. The molecule has 0 aliphatic carbocycles. The molecule has 0 unspecified atom stereocenters. The van der Waals surface area contributed by atoms with Gasteiger partial charge >= 0.3 is 0 Å². The minimum atomic E-state index is -0.0299. The topological polar surface area (TPSA) is 89.9 Å². The van der Waals surface area contributed by atoms with Gasteiger partial charge in [-0.1, -0.05) is 18.2 Å². The Hall–Kier alpha value is -2.69. The summed E-state index contributed by atoms with van der Waals surface area (Å²) in [5.41, 5.74) is 2.61. The number of likely N-dealkylation sites (N-methyl/N-ethyl adjacent to an activating group) is 1. The number of hydrogen-bond donors (Lipinski definition) is 2. The van der Waals surface area contributed by atoms with Gasteiger partial charge in [0.05, 0.1) is 6.54 Å². The molecule has 9 heteroatoms. The summed E-state index contributed by atoms with van der Waals surface area (Å²) >= 11 is 0. The molecule has 2 amide bonds. The van der Waals surface area contributed by atoms with Crippen LogP contribution in [0.3, 0.4) is 0 Å². The lowest BCUT2D eigenvalue weighted by atomic mass is 10.1. The first-order valence-electron chi connectivity index (χ1n) is 9.79. The van der Waals surface area contributed by atoms with Gasteiger partial charge in [-0.25, -0.2) is 0 Å². The highest BCUT2D eigenvalue weighted by Crippen LogP contribution is 2.06. The molecular weight excluding hydrogens is 507 g/mol. The third kappa shape index (κ3) is 8.91. The number of amides is 2. The molecule has 0 fully saturated rings. The molecule has 8 nitrogen and oxygen atoms in total. The van der Waals surface area contributed by atoms with Gasteiger partial charge < -0.3 is 20.4 Å². The Labute approximate surface area is 201 Å². The van der Waals surface area contributed by atoms with E-state index in [1.165, 1.54) is 0 Å². The third-order valence-electron chi connectivity index (χ3n) is 4.55. The van der Waals surface area contributed by atoms with Crippen molar-refractivity contribution in [2.45, 2.75) is 13.0 Å². The summed E-state index contributed by atoms with van der Waals surface area (Å²) in [5, 5.41) is 6.21. The van der Waals surface area contributed by atoms with Gasteiger partial charge in [-0.2, -0.15) is 0 Å². The van der Waals surface area contributed by atoms with Gasteiger partial charge in [-0.05, 0) is 29.8 Å². The van der Waals surface area contributed by atoms with Crippen LogP contribution in [0.5, 0.6) is 0 Å². The summed E-state index contributed by atoms with van der Waals surface area (Å²) in [5.74, 6) is 0.480. The van der Waals surface area contributed by atoms with Gasteiger partial charge in [0.2, 0.25) is 5.91 Å². The fourth-order valence-electron chi connectivity index (χ4n) is 2.68. The SMILES string of the molecule is CN=C(NCC(=O)N(C)CCc1ccccn1)NCc1ccc(C(=O)N(C)C)cc1.I. The maximum atomic E-state index is 12.3. The smallest absolute Gasteiger partial charge is 0.253 e. The van der Waals surface area contributed by atoms with Crippen LogP contribution in [0.2, 0.25) is 0 Å². The molecule has 0 aliphatic rings. The van der Waals surface area contributed by atoms with Crippen LogP contribution in [0.1, 0.15) is 21.6 Å². The van der Waals surface area contributed by atoms with Crippen molar-refractivity contribution in [1.29, 1.82) is 0 Å². The molecule has 0 saturated carbocycles. The fraction of sp³-hybridized carbons (Fsp3) is 0.364. The monoisotopic (exact) mass is 538 g/mol. The minimum absolute atomic E-state index is 0. The molecule has 168 valence electrons. The molecule has 0 saturated heterocycles. The average molecular weight is 538 g/mol. The van der Waals surface area contributed by atoms with Crippen LogP contribution in [0.4, 0.5) is 0 Å². The molecule has 0 bridgehead atoms. The first kappa shape index (κ1) is 26.3. The van der Waals surface area contributed by atoms with E-state index in [0.29, 0.717) is 31.0 Å². The Morgan fingerprint density at radius 2 is 1.74 bits per heavy atom. The number of rotatable bonds is 8. The fourth-order valence-corrected chi connectivity index (χ4v) is 2.68. The lowest BCUT2D eigenvalue weighted by molar-refractivity contribution is -0.128. The Morgan fingerprint density at radius 1 is 1.03 bits per heavy atom. The molecular formula is C22H31IN6O2. The highest BCUT2D eigenvalue weighted by molar-refractivity contribution is 14.0. The van der Waals surface area contributed by atoms with Gasteiger partial charge in [0.25, 0.3) is 5.91 Å². The highest BCUT2D eigenvalue weighted by atomic mass is 127.